The molecule has 0 bridgehead atoms. The van der Waals surface area contributed by atoms with Crippen LogP contribution in [0.2, 0.25) is 0 Å². The van der Waals surface area contributed by atoms with Crippen LogP contribution in [-0.4, -0.2) is 55.6 Å². The van der Waals surface area contributed by atoms with Gasteiger partial charge in [-0.1, -0.05) is 18.2 Å². The highest BCUT2D eigenvalue weighted by Gasteiger charge is 2.36. The van der Waals surface area contributed by atoms with Gasteiger partial charge in [-0.2, -0.15) is 18.3 Å². The highest BCUT2D eigenvalue weighted by atomic mass is 19.4. The minimum Gasteiger partial charge on any atom is -0.494 e. The maximum absolute atomic E-state index is 15.3. The number of halogens is 4. The first-order valence-corrected chi connectivity index (χ1v) is 13.5. The smallest absolute Gasteiger partial charge is 0.453 e. The number of nitrogens with one attached hydrogen (secondary N) is 1. The largest absolute Gasteiger partial charge is 0.494 e. The second-order valence-electron chi connectivity index (χ2n) is 10.5. The summed E-state index contributed by atoms with van der Waals surface area (Å²) in [4.78, 5) is 19.0. The summed E-state index contributed by atoms with van der Waals surface area (Å²) >= 11 is 0. The number of hydrogen-bond donors (Lipinski definition) is 1. The van der Waals surface area contributed by atoms with Gasteiger partial charge < -0.3 is 14.8 Å². The van der Waals surface area contributed by atoms with Crippen LogP contribution in [0.3, 0.4) is 0 Å². The summed E-state index contributed by atoms with van der Waals surface area (Å²) in [5.41, 5.74) is 4.00. The number of ether oxygens (including phenoxy) is 2. The molecule has 5 rings (SSSR count). The molecule has 0 unspecified atom stereocenters. The van der Waals surface area contributed by atoms with Crippen molar-refractivity contribution in [3.05, 3.63) is 88.0 Å². The first-order valence-electron chi connectivity index (χ1n) is 13.5. The molecule has 0 atom stereocenters. The summed E-state index contributed by atoms with van der Waals surface area (Å²) in [5, 5.41) is 10.6. The summed E-state index contributed by atoms with van der Waals surface area (Å²) in [6, 6.07) is 9.34. The highest BCUT2D eigenvalue weighted by Crippen LogP contribution is 2.30. The Hall–Kier alpha value is -4.30. The number of carbonyl (C=O) groups is 1. The van der Waals surface area contributed by atoms with E-state index in [-0.39, 0.29) is 35.7 Å². The molecule has 3 heterocycles. The molecule has 228 valence electrons. The third-order valence-electron chi connectivity index (χ3n) is 7.28. The molecule has 0 fully saturated rings. The van der Waals surface area contributed by atoms with Crippen LogP contribution in [0.15, 0.2) is 42.9 Å². The molecule has 1 aliphatic rings. The molecular formula is C29H31F4N7O3. The van der Waals surface area contributed by atoms with E-state index in [1.807, 2.05) is 6.07 Å². The zero-order valence-electron chi connectivity index (χ0n) is 24.1. The summed E-state index contributed by atoms with van der Waals surface area (Å²) in [7, 11) is 2.73. The van der Waals surface area contributed by atoms with E-state index in [9.17, 15) is 18.0 Å². The van der Waals surface area contributed by atoms with Gasteiger partial charge in [0.1, 0.15) is 12.0 Å². The van der Waals surface area contributed by atoms with E-state index < -0.39 is 23.7 Å². The number of amides is 1. The molecule has 2 aromatic carbocycles. The van der Waals surface area contributed by atoms with Crippen LogP contribution in [0.25, 0.3) is 5.69 Å². The zero-order valence-corrected chi connectivity index (χ0v) is 24.1. The van der Waals surface area contributed by atoms with E-state index >= 15 is 4.39 Å². The second kappa shape index (κ2) is 12.1. The molecule has 43 heavy (non-hydrogen) atoms. The fourth-order valence-electron chi connectivity index (χ4n) is 5.00. The van der Waals surface area contributed by atoms with Crippen molar-refractivity contribution in [2.24, 2.45) is 0 Å². The minimum absolute atomic E-state index is 0.0398. The molecule has 14 heteroatoms. The van der Waals surface area contributed by atoms with Crippen LogP contribution in [0.5, 0.6) is 5.75 Å². The minimum atomic E-state index is -4.78. The molecule has 0 saturated heterocycles. The van der Waals surface area contributed by atoms with Gasteiger partial charge in [0, 0.05) is 44.5 Å². The number of nitrogens with zero attached hydrogens (tertiary/aromatic N) is 6. The van der Waals surface area contributed by atoms with Crippen LogP contribution in [0.1, 0.15) is 58.0 Å². The number of rotatable bonds is 10. The van der Waals surface area contributed by atoms with Gasteiger partial charge in [-0.05, 0) is 42.7 Å². The summed E-state index contributed by atoms with van der Waals surface area (Å²) in [6.45, 7) is 6.21. The lowest BCUT2D eigenvalue weighted by Crippen LogP contribution is -2.25. The summed E-state index contributed by atoms with van der Waals surface area (Å²) < 4.78 is 67.3. The number of methoxy groups -OCH3 is 2. The lowest BCUT2D eigenvalue weighted by atomic mass is 10.1. The van der Waals surface area contributed by atoms with Crippen molar-refractivity contribution in [3.8, 4) is 11.4 Å². The lowest BCUT2D eigenvalue weighted by molar-refractivity contribution is -0.144. The van der Waals surface area contributed by atoms with Gasteiger partial charge in [0.05, 0.1) is 31.5 Å². The molecule has 1 N–H and O–H groups in total. The Morgan fingerprint density at radius 3 is 2.53 bits per heavy atom. The number of hydrogen-bond acceptors (Lipinski definition) is 7. The standard InChI is InChI=1S/C29H31F4N7O3/c1-17(2)38-12-19-6-5-18(9-20(19)13-38)11-39-14-22(23(36-39)15-42-3)27(41)34-10-21-24(7-8-25(43-4)26(21)30)40-16-35-28(37-40)29(31,32)33/h5-9,14,16-17H,10-13,15H2,1-4H3,(H,34,41). The van der Waals surface area contributed by atoms with Gasteiger partial charge >= 0.3 is 6.18 Å². The van der Waals surface area contributed by atoms with Gasteiger partial charge in [-0.25, -0.2) is 14.1 Å². The van der Waals surface area contributed by atoms with Crippen LogP contribution in [0, 0.1) is 5.82 Å². The van der Waals surface area contributed by atoms with Gasteiger partial charge in [0.15, 0.2) is 11.6 Å². The second-order valence-corrected chi connectivity index (χ2v) is 10.5. The predicted molar refractivity (Wildman–Crippen MR) is 147 cm³/mol. The van der Waals surface area contributed by atoms with Crippen molar-refractivity contribution in [1.82, 2.24) is 34.8 Å². The maximum atomic E-state index is 15.3. The lowest BCUT2D eigenvalue weighted by Gasteiger charge is -2.18. The van der Waals surface area contributed by atoms with Crippen molar-refractivity contribution >= 4 is 5.91 Å². The Morgan fingerprint density at radius 2 is 1.86 bits per heavy atom. The number of benzene rings is 2. The molecular weight excluding hydrogens is 570 g/mol. The molecule has 1 amide bonds. The van der Waals surface area contributed by atoms with E-state index in [2.05, 4.69) is 51.4 Å². The van der Waals surface area contributed by atoms with Crippen LogP contribution < -0.4 is 10.1 Å². The van der Waals surface area contributed by atoms with E-state index in [0.717, 1.165) is 29.7 Å². The first kappa shape index (κ1) is 30.2. The van der Waals surface area contributed by atoms with Crippen LogP contribution in [0.4, 0.5) is 17.6 Å². The molecule has 0 aliphatic carbocycles. The Labute approximate surface area is 245 Å². The number of fused-ring (bicyclic) bond motifs is 1. The Bertz CT molecular complexity index is 1630. The maximum Gasteiger partial charge on any atom is 0.453 e. The third kappa shape index (κ3) is 6.39. The number of carbonyl (C=O) groups excluding carboxylic acids is 1. The van der Waals surface area contributed by atoms with E-state index in [1.165, 1.54) is 37.5 Å². The Morgan fingerprint density at radius 1 is 1.09 bits per heavy atom. The molecule has 1 aliphatic heterocycles. The Kier molecular flexibility index (Phi) is 8.51. The molecule has 0 spiro atoms. The molecule has 4 aromatic rings. The highest BCUT2D eigenvalue weighted by molar-refractivity contribution is 5.95. The van der Waals surface area contributed by atoms with Gasteiger partial charge in [0.25, 0.3) is 11.7 Å². The van der Waals surface area contributed by atoms with E-state index in [1.54, 1.807) is 10.9 Å². The molecule has 0 saturated carbocycles. The van der Waals surface area contributed by atoms with Crippen molar-refractivity contribution in [2.45, 2.75) is 58.9 Å². The topological polar surface area (TPSA) is 99.3 Å². The van der Waals surface area contributed by atoms with Crippen molar-refractivity contribution in [2.75, 3.05) is 14.2 Å². The average molecular weight is 602 g/mol. The van der Waals surface area contributed by atoms with Gasteiger partial charge in [0.2, 0.25) is 0 Å². The number of alkyl halides is 3. The van der Waals surface area contributed by atoms with Crippen LogP contribution in [-0.2, 0) is 43.7 Å². The predicted octanol–water partition coefficient (Wildman–Crippen LogP) is 4.48. The number of aromatic nitrogens is 5. The van der Waals surface area contributed by atoms with E-state index in [4.69, 9.17) is 9.47 Å². The summed E-state index contributed by atoms with van der Waals surface area (Å²) in [6.07, 6.45) is -2.36. The van der Waals surface area contributed by atoms with E-state index in [0.29, 0.717) is 18.3 Å². The average Bonchev–Trinajstić information content (AvgIpc) is 3.71. The Balaban J connectivity index is 1.36. The van der Waals surface area contributed by atoms with Gasteiger partial charge in [-0.15, -0.1) is 5.10 Å². The van der Waals surface area contributed by atoms with Crippen LogP contribution >= 0.6 is 0 Å². The third-order valence-corrected chi connectivity index (χ3v) is 7.28. The normalized spacial score (nSPS) is 13.5. The van der Waals surface area contributed by atoms with Crippen molar-refractivity contribution < 1.29 is 31.8 Å². The fraction of sp³-hybridized carbons (Fsp3) is 0.379. The molecule has 0 radical (unpaired) electrons. The molecule has 10 nitrogen and oxygen atoms in total. The fourth-order valence-corrected chi connectivity index (χ4v) is 5.00. The SMILES string of the molecule is COCc1nn(Cc2ccc3c(c2)CN(C(C)C)C3)cc1C(=O)NCc1c(-n2cnc(C(F)(F)F)n2)ccc(OC)c1F. The monoisotopic (exact) mass is 601 g/mol. The zero-order chi connectivity index (χ0) is 30.9. The summed E-state index contributed by atoms with van der Waals surface area (Å²) in [5.74, 6) is -2.95. The first-order chi connectivity index (χ1) is 20.5. The van der Waals surface area contributed by atoms with Crippen molar-refractivity contribution in [1.29, 1.82) is 0 Å². The quantitative estimate of drug-likeness (QED) is 0.268. The van der Waals surface area contributed by atoms with Crippen molar-refractivity contribution in [3.63, 3.8) is 0 Å². The van der Waals surface area contributed by atoms with Gasteiger partial charge in [-0.3, -0.25) is 14.4 Å². The molecule has 2 aromatic heterocycles.